The smallest absolute Gasteiger partial charge is 0.338 e. The van der Waals surface area contributed by atoms with E-state index < -0.39 is 18.5 Å². The topological polar surface area (TPSA) is 97.7 Å². The zero-order valence-electron chi connectivity index (χ0n) is 13.9. The highest BCUT2D eigenvalue weighted by Crippen LogP contribution is 2.32. The third kappa shape index (κ3) is 4.30. The third-order valence-corrected chi connectivity index (χ3v) is 3.62. The Bertz CT molecular complexity index is 855. The summed E-state index contributed by atoms with van der Waals surface area (Å²) in [6.07, 6.45) is 0.793. The minimum atomic E-state index is -0.636. The number of nitrogens with zero attached hydrogens (tertiary/aromatic N) is 1. The number of carbonyl (C=O) groups is 2. The summed E-state index contributed by atoms with van der Waals surface area (Å²) in [7, 11) is 0. The molecule has 2 aromatic rings. The fourth-order valence-electron chi connectivity index (χ4n) is 2.33. The Morgan fingerprint density at radius 1 is 1.08 bits per heavy atom. The first kappa shape index (κ1) is 17.3. The van der Waals surface area contributed by atoms with Crippen molar-refractivity contribution >= 4 is 17.6 Å². The summed E-state index contributed by atoms with van der Waals surface area (Å²) in [5.74, 6) is 0.0902. The molecule has 1 aliphatic heterocycles. The van der Waals surface area contributed by atoms with Crippen molar-refractivity contribution < 1.29 is 23.8 Å². The van der Waals surface area contributed by atoms with Gasteiger partial charge in [0.05, 0.1) is 30.4 Å². The second-order valence-electron chi connectivity index (χ2n) is 5.53. The van der Waals surface area contributed by atoms with Gasteiger partial charge in [-0.2, -0.15) is 5.26 Å². The second-order valence-corrected chi connectivity index (χ2v) is 5.53. The number of amides is 1. The van der Waals surface area contributed by atoms with Gasteiger partial charge in [0.25, 0.3) is 5.91 Å². The van der Waals surface area contributed by atoms with E-state index in [-0.39, 0.29) is 5.56 Å². The van der Waals surface area contributed by atoms with Crippen molar-refractivity contribution in [1.29, 1.82) is 5.26 Å². The van der Waals surface area contributed by atoms with Gasteiger partial charge in [0.1, 0.15) is 0 Å². The lowest BCUT2D eigenvalue weighted by Crippen LogP contribution is -2.21. The summed E-state index contributed by atoms with van der Waals surface area (Å²) in [5.41, 5.74) is 1.23. The molecule has 0 fully saturated rings. The first-order valence-electron chi connectivity index (χ1n) is 8.02. The Balaban J connectivity index is 1.54. The molecule has 1 amide bonds. The molecule has 0 aromatic heterocycles. The van der Waals surface area contributed by atoms with E-state index in [9.17, 15) is 9.59 Å². The van der Waals surface area contributed by atoms with Crippen LogP contribution in [-0.4, -0.2) is 31.7 Å². The molecule has 0 spiro atoms. The van der Waals surface area contributed by atoms with Gasteiger partial charge in [0.15, 0.2) is 18.1 Å². The van der Waals surface area contributed by atoms with Crippen molar-refractivity contribution in [3.63, 3.8) is 0 Å². The summed E-state index contributed by atoms with van der Waals surface area (Å²) in [6, 6.07) is 13.0. The van der Waals surface area contributed by atoms with Crippen LogP contribution in [-0.2, 0) is 9.53 Å². The highest BCUT2D eigenvalue weighted by molar-refractivity contribution is 5.95. The number of fused-ring (bicyclic) bond motifs is 1. The van der Waals surface area contributed by atoms with E-state index in [1.807, 2.05) is 6.07 Å². The fraction of sp³-hybridized carbons (Fsp3) is 0.211. The van der Waals surface area contributed by atoms with Crippen LogP contribution < -0.4 is 14.8 Å². The number of anilines is 1. The van der Waals surface area contributed by atoms with Crippen LogP contribution in [0.25, 0.3) is 0 Å². The van der Waals surface area contributed by atoms with Gasteiger partial charge < -0.3 is 19.5 Å². The Morgan fingerprint density at radius 3 is 2.54 bits per heavy atom. The lowest BCUT2D eigenvalue weighted by molar-refractivity contribution is -0.119. The molecular formula is C19H16N2O5. The van der Waals surface area contributed by atoms with Crippen molar-refractivity contribution in [3.05, 3.63) is 53.6 Å². The molecule has 0 aliphatic carbocycles. The van der Waals surface area contributed by atoms with E-state index in [1.54, 1.807) is 18.2 Å². The van der Waals surface area contributed by atoms with Crippen LogP contribution in [0, 0.1) is 11.3 Å². The van der Waals surface area contributed by atoms with Crippen LogP contribution in [0.15, 0.2) is 42.5 Å². The van der Waals surface area contributed by atoms with Crippen molar-refractivity contribution in [1.82, 2.24) is 0 Å². The van der Waals surface area contributed by atoms with Gasteiger partial charge in [-0.05, 0) is 36.4 Å². The van der Waals surface area contributed by atoms with Crippen molar-refractivity contribution in [3.8, 4) is 17.6 Å². The predicted octanol–water partition coefficient (Wildman–Crippen LogP) is 2.52. The van der Waals surface area contributed by atoms with Gasteiger partial charge in [0.2, 0.25) is 0 Å². The number of rotatable bonds is 4. The number of nitrogens with one attached hydrogen (secondary N) is 1. The van der Waals surface area contributed by atoms with Crippen LogP contribution in [0.3, 0.4) is 0 Å². The number of benzene rings is 2. The van der Waals surface area contributed by atoms with Gasteiger partial charge in [0, 0.05) is 18.2 Å². The summed E-state index contributed by atoms with van der Waals surface area (Å²) < 4.78 is 16.1. The summed E-state index contributed by atoms with van der Waals surface area (Å²) >= 11 is 0. The maximum absolute atomic E-state index is 12.0. The highest BCUT2D eigenvalue weighted by atomic mass is 16.5. The first-order chi connectivity index (χ1) is 12.7. The van der Waals surface area contributed by atoms with E-state index in [1.165, 1.54) is 24.3 Å². The van der Waals surface area contributed by atoms with Gasteiger partial charge >= 0.3 is 5.97 Å². The monoisotopic (exact) mass is 352 g/mol. The lowest BCUT2D eigenvalue weighted by Gasteiger charge is -2.10. The summed E-state index contributed by atoms with van der Waals surface area (Å²) in [4.78, 5) is 23.9. The zero-order valence-corrected chi connectivity index (χ0v) is 13.9. The highest BCUT2D eigenvalue weighted by Gasteiger charge is 2.13. The van der Waals surface area contributed by atoms with Crippen LogP contribution in [0.1, 0.15) is 22.3 Å². The maximum Gasteiger partial charge on any atom is 0.338 e. The zero-order chi connectivity index (χ0) is 18.4. The van der Waals surface area contributed by atoms with Crippen molar-refractivity contribution in [2.45, 2.75) is 6.42 Å². The van der Waals surface area contributed by atoms with Gasteiger partial charge in [-0.3, -0.25) is 4.79 Å². The SMILES string of the molecule is N#Cc1ccc(C(=O)OCC(=O)Nc2ccc3c(c2)OCCCO3)cc1. The molecule has 1 N–H and O–H groups in total. The average molecular weight is 352 g/mol. The summed E-state index contributed by atoms with van der Waals surface area (Å²) in [5, 5.41) is 11.4. The molecule has 1 aliphatic rings. The third-order valence-electron chi connectivity index (χ3n) is 3.62. The number of carbonyl (C=O) groups excluding carboxylic acids is 2. The molecule has 132 valence electrons. The molecule has 0 saturated carbocycles. The maximum atomic E-state index is 12.0. The summed E-state index contributed by atoms with van der Waals surface area (Å²) in [6.45, 7) is 0.712. The molecule has 3 rings (SSSR count). The van der Waals surface area contributed by atoms with Crippen molar-refractivity contribution in [2.75, 3.05) is 25.1 Å². The van der Waals surface area contributed by atoms with Crippen molar-refractivity contribution in [2.24, 2.45) is 0 Å². The largest absolute Gasteiger partial charge is 0.490 e. The number of esters is 1. The van der Waals surface area contributed by atoms with Gasteiger partial charge in [-0.15, -0.1) is 0 Å². The molecule has 0 saturated heterocycles. The van der Waals surface area contributed by atoms with Crippen LogP contribution >= 0.6 is 0 Å². The number of ether oxygens (including phenoxy) is 3. The van der Waals surface area contributed by atoms with E-state index in [0.717, 1.165) is 6.42 Å². The lowest BCUT2D eigenvalue weighted by atomic mass is 10.1. The molecule has 26 heavy (non-hydrogen) atoms. The number of nitriles is 1. The van der Waals surface area contributed by atoms with Gasteiger partial charge in [-0.25, -0.2) is 4.79 Å². The van der Waals surface area contributed by atoms with E-state index in [0.29, 0.717) is 36.0 Å². The quantitative estimate of drug-likeness (QED) is 0.849. The molecule has 7 nitrogen and oxygen atoms in total. The normalized spacial score (nSPS) is 12.4. The Kier molecular flexibility index (Phi) is 5.34. The number of hydrogen-bond acceptors (Lipinski definition) is 6. The Hall–Kier alpha value is -3.53. The molecule has 0 unspecified atom stereocenters. The Morgan fingerprint density at radius 2 is 1.81 bits per heavy atom. The van der Waals surface area contributed by atoms with E-state index >= 15 is 0 Å². The minimum absolute atomic E-state index is 0.271. The standard InChI is InChI=1S/C19H16N2O5/c20-11-13-2-4-14(5-3-13)19(23)26-12-18(22)21-15-6-7-16-17(10-15)25-9-1-8-24-16/h2-7,10H,1,8-9,12H2,(H,21,22). The molecule has 7 heteroatoms. The molecule has 0 atom stereocenters. The molecule has 2 aromatic carbocycles. The second kappa shape index (κ2) is 8.03. The molecular weight excluding hydrogens is 336 g/mol. The predicted molar refractivity (Wildman–Crippen MR) is 92.1 cm³/mol. The minimum Gasteiger partial charge on any atom is -0.490 e. The fourth-order valence-corrected chi connectivity index (χ4v) is 2.33. The molecule has 0 radical (unpaired) electrons. The average Bonchev–Trinajstić information content (AvgIpc) is 2.91. The van der Waals surface area contributed by atoms with Crippen LogP contribution in [0.5, 0.6) is 11.5 Å². The molecule has 0 bridgehead atoms. The van der Waals surface area contributed by atoms with E-state index in [4.69, 9.17) is 19.5 Å². The van der Waals surface area contributed by atoms with E-state index in [2.05, 4.69) is 5.32 Å². The Labute approximate surface area is 150 Å². The number of hydrogen-bond donors (Lipinski definition) is 1. The molecule has 1 heterocycles. The van der Waals surface area contributed by atoms with Crippen LogP contribution in [0.2, 0.25) is 0 Å². The van der Waals surface area contributed by atoms with Crippen LogP contribution in [0.4, 0.5) is 5.69 Å². The van der Waals surface area contributed by atoms with Gasteiger partial charge in [-0.1, -0.05) is 0 Å². The first-order valence-corrected chi connectivity index (χ1v) is 8.02.